The maximum Gasteiger partial charge on any atom is -1.00 e. The molecule has 0 amide bonds. The summed E-state index contributed by atoms with van der Waals surface area (Å²) in [7, 11) is 0. The van der Waals surface area contributed by atoms with E-state index in [2.05, 4.69) is 65.1 Å². The summed E-state index contributed by atoms with van der Waals surface area (Å²) < 4.78 is 15.1. The van der Waals surface area contributed by atoms with Gasteiger partial charge in [-0.05, 0) is 0 Å². The molecule has 0 fully saturated rings. The summed E-state index contributed by atoms with van der Waals surface area (Å²) in [5.74, 6) is 3.08. The Kier molecular flexibility index (Phi) is 8.67. The fourth-order valence-electron chi connectivity index (χ4n) is 4.80. The summed E-state index contributed by atoms with van der Waals surface area (Å²) in [4.78, 5) is 0. The molecule has 2 nitrogen and oxygen atoms in total. The summed E-state index contributed by atoms with van der Waals surface area (Å²) in [6.45, 7) is 14.5. The number of allylic oxidation sites excluding steroid dienone is 8. The quantitative estimate of drug-likeness (QED) is 0.545. The van der Waals surface area contributed by atoms with Crippen molar-refractivity contribution in [2.75, 3.05) is 0 Å². The molecule has 0 bridgehead atoms. The topological polar surface area (TPSA) is 26.3 Å². The molecule has 2 heterocycles. The van der Waals surface area contributed by atoms with Crippen molar-refractivity contribution >= 4 is 16.6 Å². The molecule has 2 aromatic rings. The second-order valence-corrected chi connectivity index (χ2v) is 25.0. The van der Waals surface area contributed by atoms with Gasteiger partial charge in [-0.15, -0.1) is 0 Å². The van der Waals surface area contributed by atoms with Crippen LogP contribution in [0.15, 0.2) is 75.5 Å². The van der Waals surface area contributed by atoms with Crippen LogP contribution in [0.1, 0.15) is 39.2 Å². The minimum Gasteiger partial charge on any atom is -1.00 e. The van der Waals surface area contributed by atoms with Crippen molar-refractivity contribution in [3.8, 4) is 0 Å². The molecule has 0 aromatic carbocycles. The Bertz CT molecular complexity index is 986. The second kappa shape index (κ2) is 10.2. The van der Waals surface area contributed by atoms with Gasteiger partial charge in [0, 0.05) is 0 Å². The summed E-state index contributed by atoms with van der Waals surface area (Å²) in [5.41, 5.74) is 5.21. The van der Waals surface area contributed by atoms with Gasteiger partial charge in [0.15, 0.2) is 0 Å². The first-order chi connectivity index (χ1) is 13.4. The van der Waals surface area contributed by atoms with E-state index < -0.39 is 25.8 Å². The van der Waals surface area contributed by atoms with Gasteiger partial charge in [0.1, 0.15) is 0 Å². The molecule has 2 aromatic heterocycles. The molecule has 0 saturated carbocycles. The van der Waals surface area contributed by atoms with Crippen LogP contribution in [0, 0.1) is 11.8 Å². The van der Waals surface area contributed by atoms with Crippen LogP contribution in [-0.2, 0) is 20.4 Å². The number of hydrogen-bond acceptors (Lipinski definition) is 2. The molecule has 158 valence electrons. The molecule has 2 atom stereocenters. The van der Waals surface area contributed by atoms with Gasteiger partial charge in [-0.25, -0.2) is 0 Å². The molecule has 0 saturated heterocycles. The molecule has 0 aliphatic heterocycles. The van der Waals surface area contributed by atoms with Crippen LogP contribution >= 0.6 is 0 Å². The first kappa shape index (κ1) is 25.5. The van der Waals surface area contributed by atoms with E-state index in [0.29, 0.717) is 11.8 Å². The number of rotatable bonds is 4. The maximum absolute atomic E-state index is 5.75. The average molecular weight is 539 g/mol. The standard InChI is InChI=1S/2C11H11O.C2H6Si.2ClH.Zr/c2*1-8-6-9(2)10(7-8)11-4-3-5-12-11;1-3-2;;;/h2*3-5,7-8H,1-2H3;1-2H3;2*1H;/q;;;;;+2/p-2. The Hall–Kier alpha value is -0.800. The van der Waals surface area contributed by atoms with Gasteiger partial charge in [0.25, 0.3) is 0 Å². The van der Waals surface area contributed by atoms with Crippen LogP contribution in [0.3, 0.4) is 0 Å². The Balaban J connectivity index is 0.00000160. The Morgan fingerprint density at radius 2 is 1.17 bits per heavy atom. The Morgan fingerprint density at radius 1 is 0.767 bits per heavy atom. The first-order valence-electron chi connectivity index (χ1n) is 10.0. The summed E-state index contributed by atoms with van der Waals surface area (Å²) in [6.07, 6.45) is 8.44. The van der Waals surface area contributed by atoms with Crippen LogP contribution in [0.4, 0.5) is 0 Å². The van der Waals surface area contributed by atoms with Gasteiger partial charge in [0.2, 0.25) is 0 Å². The third-order valence-electron chi connectivity index (χ3n) is 5.97. The zero-order valence-corrected chi connectivity index (χ0v) is 23.3. The third kappa shape index (κ3) is 4.39. The predicted octanol–water partition coefficient (Wildman–Crippen LogP) is 1.06. The minimum absolute atomic E-state index is 0. The molecule has 6 heteroatoms. The Morgan fingerprint density at radius 3 is 1.47 bits per heavy atom. The summed E-state index contributed by atoms with van der Waals surface area (Å²) in [6, 6.07) is 8.17. The number of hydrogen-bond donors (Lipinski definition) is 0. The van der Waals surface area contributed by atoms with E-state index in [0.717, 1.165) is 11.5 Å². The first-order valence-corrected chi connectivity index (χ1v) is 18.7. The van der Waals surface area contributed by atoms with Gasteiger partial charge < -0.3 is 24.8 Å². The number of halogens is 2. The van der Waals surface area contributed by atoms with Gasteiger partial charge in [-0.1, -0.05) is 0 Å². The molecule has 2 aliphatic rings. The van der Waals surface area contributed by atoms with E-state index in [1.165, 1.54) is 22.3 Å². The molecule has 0 spiro atoms. The van der Waals surface area contributed by atoms with Gasteiger partial charge >= 0.3 is 177 Å². The molecule has 4 rings (SSSR count). The van der Waals surface area contributed by atoms with E-state index in [-0.39, 0.29) is 24.8 Å². The summed E-state index contributed by atoms with van der Waals surface area (Å²) in [5, 5.41) is 0. The van der Waals surface area contributed by atoms with E-state index in [1.807, 2.05) is 12.1 Å². The molecular formula is C24H28Cl2O2SiZr. The fourth-order valence-corrected chi connectivity index (χ4v) is 24.6. The van der Waals surface area contributed by atoms with Crippen molar-refractivity contribution in [2.45, 2.75) is 40.8 Å². The smallest absolute Gasteiger partial charge is 1.00 e. The van der Waals surface area contributed by atoms with Gasteiger partial charge in [-0.2, -0.15) is 0 Å². The largest absolute Gasteiger partial charge is 1.00 e. The van der Waals surface area contributed by atoms with Crippen LogP contribution in [-0.4, -0.2) is 5.43 Å². The minimum atomic E-state index is -1.99. The number of furan rings is 2. The van der Waals surface area contributed by atoms with Gasteiger partial charge in [0.05, 0.1) is 0 Å². The van der Waals surface area contributed by atoms with E-state index in [1.54, 1.807) is 19.1 Å². The normalized spacial score (nSPS) is 20.3. The van der Waals surface area contributed by atoms with E-state index >= 15 is 0 Å². The van der Waals surface area contributed by atoms with Crippen LogP contribution in [0.25, 0.3) is 11.1 Å². The van der Waals surface area contributed by atoms with Crippen molar-refractivity contribution < 1.29 is 54.0 Å². The molecule has 0 radical (unpaired) electrons. The molecule has 2 unspecified atom stereocenters. The van der Waals surface area contributed by atoms with Crippen molar-refractivity contribution in [3.05, 3.63) is 78.2 Å². The van der Waals surface area contributed by atoms with Crippen LogP contribution in [0.5, 0.6) is 0 Å². The SMILES string of the molecule is CC1=[C]([Zr+2]([C]2=C(C)C(c3ccco3)=CC2C)=[Si](C)C)C(C)C=C1c1ccco1.[Cl-].[Cl-]. The zero-order valence-electron chi connectivity index (χ0n) is 18.3. The average Bonchev–Trinajstić information content (AvgIpc) is 3.42. The predicted molar refractivity (Wildman–Crippen MR) is 115 cm³/mol. The van der Waals surface area contributed by atoms with Crippen LogP contribution < -0.4 is 24.8 Å². The van der Waals surface area contributed by atoms with Crippen LogP contribution in [0.2, 0.25) is 13.1 Å². The molecule has 30 heavy (non-hydrogen) atoms. The molecular weight excluding hydrogens is 510 g/mol. The van der Waals surface area contributed by atoms with Crippen molar-refractivity contribution in [2.24, 2.45) is 11.8 Å². The Labute approximate surface area is 200 Å². The van der Waals surface area contributed by atoms with Gasteiger partial charge in [-0.3, -0.25) is 0 Å². The fraction of sp³-hybridized carbons (Fsp3) is 0.333. The summed E-state index contributed by atoms with van der Waals surface area (Å²) >= 11 is -1.99. The molecule has 0 N–H and O–H groups in total. The van der Waals surface area contributed by atoms with Crippen molar-refractivity contribution in [1.29, 1.82) is 0 Å². The van der Waals surface area contributed by atoms with Crippen molar-refractivity contribution in [1.82, 2.24) is 0 Å². The zero-order chi connectivity index (χ0) is 20.0. The van der Waals surface area contributed by atoms with E-state index in [9.17, 15) is 0 Å². The van der Waals surface area contributed by atoms with E-state index in [4.69, 9.17) is 8.83 Å². The third-order valence-corrected chi connectivity index (χ3v) is 24.3. The maximum atomic E-state index is 5.75. The monoisotopic (exact) mass is 536 g/mol. The second-order valence-electron chi connectivity index (χ2n) is 8.14. The molecule has 2 aliphatic carbocycles. The van der Waals surface area contributed by atoms with Crippen molar-refractivity contribution in [3.63, 3.8) is 0 Å².